The molecule has 0 amide bonds. The Balaban J connectivity index is 1.55. The first-order valence-electron chi connectivity index (χ1n) is 9.29. The van der Waals surface area contributed by atoms with Gasteiger partial charge in [0.2, 0.25) is 0 Å². The van der Waals surface area contributed by atoms with Crippen molar-refractivity contribution in [3.63, 3.8) is 0 Å². The van der Waals surface area contributed by atoms with Crippen LogP contribution in [0.3, 0.4) is 0 Å². The normalized spacial score (nSPS) is 38.8. The van der Waals surface area contributed by atoms with Gasteiger partial charge in [0.15, 0.2) is 0 Å². The largest absolute Gasteiger partial charge is 0.394 e. The Labute approximate surface area is 162 Å². The molecule has 0 aliphatic carbocycles. The van der Waals surface area contributed by atoms with Crippen molar-refractivity contribution in [3.8, 4) is 0 Å². The van der Waals surface area contributed by atoms with Crippen LogP contribution in [0.25, 0.3) is 0 Å². The number of benzene rings is 1. The molecule has 2 heterocycles. The van der Waals surface area contributed by atoms with Crippen molar-refractivity contribution in [2.75, 3.05) is 23.8 Å². The molecule has 0 aromatic heterocycles. The van der Waals surface area contributed by atoms with E-state index in [1.54, 1.807) is 24.3 Å². The van der Waals surface area contributed by atoms with Crippen LogP contribution in [0.4, 0.5) is 11.4 Å². The van der Waals surface area contributed by atoms with E-state index in [-0.39, 0.29) is 12.8 Å². The van der Waals surface area contributed by atoms with Crippen molar-refractivity contribution in [2.24, 2.45) is 0 Å². The van der Waals surface area contributed by atoms with Crippen LogP contribution in [0.5, 0.6) is 0 Å². The van der Waals surface area contributed by atoms with Crippen LogP contribution in [0.2, 0.25) is 0 Å². The molecule has 8 N–H and O–H groups in total. The highest BCUT2D eigenvalue weighted by Gasteiger charge is 2.37. The van der Waals surface area contributed by atoms with Gasteiger partial charge in [-0.25, -0.2) is 0 Å². The molecule has 0 spiro atoms. The molecule has 2 fully saturated rings. The third-order valence-corrected chi connectivity index (χ3v) is 5.04. The third-order valence-electron chi connectivity index (χ3n) is 5.04. The molecule has 1 aromatic carbocycles. The Morgan fingerprint density at radius 3 is 1.39 bits per heavy atom. The smallest absolute Gasteiger partial charge is 0.130 e. The number of aliphatic hydroxyl groups is 6. The van der Waals surface area contributed by atoms with Gasteiger partial charge in [0.1, 0.15) is 36.9 Å². The van der Waals surface area contributed by atoms with Crippen molar-refractivity contribution in [3.05, 3.63) is 24.3 Å². The summed E-state index contributed by atoms with van der Waals surface area (Å²) in [5.74, 6) is 0. The number of ether oxygens (including phenoxy) is 2. The fraction of sp³-hybridized carbons (Fsp3) is 0.667. The van der Waals surface area contributed by atoms with Crippen LogP contribution < -0.4 is 10.6 Å². The van der Waals surface area contributed by atoms with Crippen LogP contribution in [-0.2, 0) is 9.47 Å². The van der Waals surface area contributed by atoms with E-state index >= 15 is 0 Å². The van der Waals surface area contributed by atoms with Gasteiger partial charge in [-0.15, -0.1) is 0 Å². The molecule has 0 radical (unpaired) electrons. The van der Waals surface area contributed by atoms with E-state index in [9.17, 15) is 30.6 Å². The average Bonchev–Trinajstić information content (AvgIpc) is 2.68. The topological polar surface area (TPSA) is 164 Å². The first kappa shape index (κ1) is 21.2. The van der Waals surface area contributed by atoms with Crippen LogP contribution in [0.15, 0.2) is 24.3 Å². The maximum Gasteiger partial charge on any atom is 0.130 e. The molecule has 3 rings (SSSR count). The third kappa shape index (κ3) is 4.91. The molecule has 10 heteroatoms. The summed E-state index contributed by atoms with van der Waals surface area (Å²) >= 11 is 0. The maximum atomic E-state index is 9.87. The summed E-state index contributed by atoms with van der Waals surface area (Å²) in [5, 5.41) is 63.9. The summed E-state index contributed by atoms with van der Waals surface area (Å²) in [6, 6.07) is 7.09. The van der Waals surface area contributed by atoms with Gasteiger partial charge in [-0.2, -0.15) is 0 Å². The van der Waals surface area contributed by atoms with E-state index in [0.717, 1.165) is 0 Å². The summed E-state index contributed by atoms with van der Waals surface area (Å²) in [6.07, 6.45) is -6.70. The van der Waals surface area contributed by atoms with Crippen molar-refractivity contribution >= 4 is 11.4 Å². The van der Waals surface area contributed by atoms with Gasteiger partial charge >= 0.3 is 0 Å². The molecule has 2 aliphatic rings. The van der Waals surface area contributed by atoms with Crippen LogP contribution >= 0.6 is 0 Å². The highest BCUT2D eigenvalue weighted by molar-refractivity contribution is 5.54. The highest BCUT2D eigenvalue weighted by Crippen LogP contribution is 2.25. The molecule has 2 aliphatic heterocycles. The lowest BCUT2D eigenvalue weighted by molar-refractivity contribution is -0.172. The van der Waals surface area contributed by atoms with Gasteiger partial charge in [0.25, 0.3) is 0 Å². The minimum atomic E-state index is -1.12. The minimum Gasteiger partial charge on any atom is -0.394 e. The predicted octanol–water partition coefficient (Wildman–Crippen LogP) is -1.83. The number of hydrogen-bond donors (Lipinski definition) is 8. The molecule has 10 nitrogen and oxygen atoms in total. The van der Waals surface area contributed by atoms with Gasteiger partial charge in [0, 0.05) is 24.2 Å². The summed E-state index contributed by atoms with van der Waals surface area (Å²) < 4.78 is 11.1. The first-order chi connectivity index (χ1) is 13.4. The van der Waals surface area contributed by atoms with Gasteiger partial charge in [-0.05, 0) is 24.3 Å². The second-order valence-electron chi connectivity index (χ2n) is 7.14. The van der Waals surface area contributed by atoms with Gasteiger partial charge in [-0.1, -0.05) is 0 Å². The molecule has 28 heavy (non-hydrogen) atoms. The number of rotatable bonds is 6. The first-order valence-corrected chi connectivity index (χ1v) is 9.29. The summed E-state index contributed by atoms with van der Waals surface area (Å²) in [5.41, 5.74) is 1.42. The quantitative estimate of drug-likeness (QED) is 0.272. The molecule has 2 saturated heterocycles. The molecular formula is C18H28N2O8. The lowest BCUT2D eigenvalue weighted by Gasteiger charge is -2.37. The fourth-order valence-electron chi connectivity index (χ4n) is 3.43. The van der Waals surface area contributed by atoms with Crippen molar-refractivity contribution < 1.29 is 40.1 Å². The predicted molar refractivity (Wildman–Crippen MR) is 98.4 cm³/mol. The van der Waals surface area contributed by atoms with Crippen molar-refractivity contribution in [1.82, 2.24) is 0 Å². The second kappa shape index (κ2) is 9.33. The molecule has 0 bridgehead atoms. The minimum absolute atomic E-state index is 0.177. The van der Waals surface area contributed by atoms with Crippen LogP contribution in [-0.4, -0.2) is 92.9 Å². The van der Waals surface area contributed by atoms with E-state index in [0.29, 0.717) is 11.4 Å². The zero-order valence-corrected chi connectivity index (χ0v) is 15.3. The average molecular weight is 400 g/mol. The van der Waals surface area contributed by atoms with E-state index in [2.05, 4.69) is 10.6 Å². The lowest BCUT2D eigenvalue weighted by atomic mass is 10.0. The van der Waals surface area contributed by atoms with E-state index in [1.807, 2.05) is 0 Å². The maximum absolute atomic E-state index is 9.87. The Kier molecular flexibility index (Phi) is 7.07. The zero-order valence-electron chi connectivity index (χ0n) is 15.3. The molecule has 1 aromatic rings. The molecule has 8 atom stereocenters. The molecule has 0 unspecified atom stereocenters. The fourth-order valence-corrected chi connectivity index (χ4v) is 3.43. The van der Waals surface area contributed by atoms with Crippen molar-refractivity contribution in [2.45, 2.75) is 61.9 Å². The highest BCUT2D eigenvalue weighted by atomic mass is 16.5. The number of aliphatic hydroxyl groups excluding tert-OH is 6. The number of anilines is 2. The number of nitrogens with one attached hydrogen (secondary N) is 2. The summed E-state index contributed by atoms with van der Waals surface area (Å²) in [4.78, 5) is 0. The number of hydrogen-bond acceptors (Lipinski definition) is 10. The molecule has 158 valence electrons. The second-order valence-corrected chi connectivity index (χ2v) is 7.14. The Morgan fingerprint density at radius 2 is 1.07 bits per heavy atom. The van der Waals surface area contributed by atoms with Crippen molar-refractivity contribution in [1.29, 1.82) is 0 Å². The summed E-state index contributed by atoms with van der Waals surface area (Å²) in [7, 11) is 0. The summed E-state index contributed by atoms with van der Waals surface area (Å²) in [6.45, 7) is -0.786. The van der Waals surface area contributed by atoms with Crippen LogP contribution in [0, 0.1) is 0 Å². The SMILES string of the molecule is OC[C@@H]1O[C@H](Nc2ccc(N[C@@H]3C[C@@H](O)[C@H](O)[C@H](CO)O3)cc2)C[C@H](O)[C@@H]1O. The monoisotopic (exact) mass is 400 g/mol. The molecule has 0 saturated carbocycles. The Hall–Kier alpha value is -1.50. The molecular weight excluding hydrogens is 372 g/mol. The van der Waals surface area contributed by atoms with E-state index < -0.39 is 62.3 Å². The zero-order chi connectivity index (χ0) is 20.3. The standard InChI is InChI=1S/C18H28N2O8/c21-7-13-17(25)11(23)5-15(27-13)19-9-1-2-10(4-3-9)20-16-6-12(24)18(26)14(8-22)28-16/h1-4,11-26H,5-8H2/t11-,12+,13-,14-,15-,16-,17-,18-/m0/s1. The van der Waals surface area contributed by atoms with Gasteiger partial charge in [0.05, 0.1) is 25.4 Å². The van der Waals surface area contributed by atoms with E-state index in [1.165, 1.54) is 0 Å². The van der Waals surface area contributed by atoms with Gasteiger partial charge in [-0.3, -0.25) is 0 Å². The lowest BCUT2D eigenvalue weighted by Crippen LogP contribution is -2.51. The van der Waals surface area contributed by atoms with Gasteiger partial charge < -0.3 is 50.7 Å². The Morgan fingerprint density at radius 1 is 0.714 bits per heavy atom. The Bertz CT molecular complexity index is 565. The van der Waals surface area contributed by atoms with Crippen LogP contribution in [0.1, 0.15) is 12.8 Å². The van der Waals surface area contributed by atoms with E-state index in [4.69, 9.17) is 9.47 Å².